The van der Waals surface area contributed by atoms with Crippen LogP contribution in [0, 0.1) is 12.8 Å². The van der Waals surface area contributed by atoms with E-state index in [2.05, 4.69) is 5.32 Å². The van der Waals surface area contributed by atoms with Crippen LogP contribution in [0.4, 0.5) is 5.69 Å². The third-order valence-corrected chi connectivity index (χ3v) is 7.17. The van der Waals surface area contributed by atoms with Crippen LogP contribution in [0.5, 0.6) is 0 Å². The zero-order valence-corrected chi connectivity index (χ0v) is 22.7. The Morgan fingerprint density at radius 1 is 1.03 bits per heavy atom. The lowest BCUT2D eigenvalue weighted by atomic mass is 10.1. The summed E-state index contributed by atoms with van der Waals surface area (Å²) in [6, 6.07) is 13.6. The van der Waals surface area contributed by atoms with Gasteiger partial charge < -0.3 is 10.2 Å². The predicted molar refractivity (Wildman–Crippen MR) is 142 cm³/mol. The van der Waals surface area contributed by atoms with Crippen molar-refractivity contribution in [2.24, 2.45) is 5.92 Å². The van der Waals surface area contributed by atoms with Crippen molar-refractivity contribution in [3.05, 3.63) is 64.7 Å². The Labute approximate surface area is 214 Å². The fourth-order valence-electron chi connectivity index (χ4n) is 3.62. The lowest BCUT2D eigenvalue weighted by Crippen LogP contribution is -2.48. The highest BCUT2D eigenvalue weighted by Gasteiger charge is 2.27. The maximum absolute atomic E-state index is 13.3. The minimum atomic E-state index is -3.55. The summed E-state index contributed by atoms with van der Waals surface area (Å²) in [6.45, 7) is 8.68. The lowest BCUT2D eigenvalue weighted by molar-refractivity contribution is -0.140. The first-order valence-corrected chi connectivity index (χ1v) is 14.0. The number of carbonyl (C=O) groups excluding carboxylic acids is 2. The largest absolute Gasteiger partial charge is 0.354 e. The van der Waals surface area contributed by atoms with Crippen molar-refractivity contribution in [2.75, 3.05) is 23.7 Å². The summed E-state index contributed by atoms with van der Waals surface area (Å²) in [7, 11) is -3.55. The van der Waals surface area contributed by atoms with Crippen LogP contribution >= 0.6 is 11.6 Å². The molecule has 7 nitrogen and oxygen atoms in total. The van der Waals surface area contributed by atoms with Crippen molar-refractivity contribution in [3.8, 4) is 0 Å². The third kappa shape index (κ3) is 8.85. The zero-order valence-electron chi connectivity index (χ0n) is 21.1. The monoisotopic (exact) mass is 521 g/mol. The average molecular weight is 522 g/mol. The molecule has 0 spiro atoms. The van der Waals surface area contributed by atoms with Crippen molar-refractivity contribution < 1.29 is 18.0 Å². The topological polar surface area (TPSA) is 86.8 Å². The minimum absolute atomic E-state index is 0.104. The summed E-state index contributed by atoms with van der Waals surface area (Å²) in [4.78, 5) is 27.7. The van der Waals surface area contributed by atoms with Gasteiger partial charge in [0.1, 0.15) is 6.04 Å². The van der Waals surface area contributed by atoms with Gasteiger partial charge in [0, 0.05) is 31.1 Å². The number of aryl methyl sites for hydroxylation is 1. The molecule has 2 rings (SSSR count). The Morgan fingerprint density at radius 2 is 1.66 bits per heavy atom. The predicted octanol–water partition coefficient (Wildman–Crippen LogP) is 4.38. The quantitative estimate of drug-likeness (QED) is 0.449. The van der Waals surface area contributed by atoms with Crippen LogP contribution in [0.25, 0.3) is 0 Å². The molecule has 0 aliphatic heterocycles. The van der Waals surface area contributed by atoms with Crippen molar-refractivity contribution in [2.45, 2.75) is 53.1 Å². The first-order chi connectivity index (χ1) is 16.4. The van der Waals surface area contributed by atoms with E-state index in [0.717, 1.165) is 17.4 Å². The van der Waals surface area contributed by atoms with Gasteiger partial charge in [0.15, 0.2) is 0 Å². The van der Waals surface area contributed by atoms with Gasteiger partial charge in [-0.1, -0.05) is 49.7 Å². The molecule has 0 saturated heterocycles. The van der Waals surface area contributed by atoms with Crippen molar-refractivity contribution in [1.29, 1.82) is 0 Å². The number of nitrogens with one attached hydrogen (secondary N) is 1. The van der Waals surface area contributed by atoms with Crippen LogP contribution in [-0.2, 0) is 26.2 Å². The number of sulfonamides is 1. The van der Waals surface area contributed by atoms with Gasteiger partial charge in [-0.2, -0.15) is 0 Å². The second kappa shape index (κ2) is 12.9. The molecule has 0 radical (unpaired) electrons. The molecule has 1 N–H and O–H groups in total. The Kier molecular flexibility index (Phi) is 10.6. The lowest BCUT2D eigenvalue weighted by Gasteiger charge is -2.30. The number of hydrogen-bond acceptors (Lipinski definition) is 4. The number of halogens is 1. The molecule has 0 aliphatic carbocycles. The average Bonchev–Trinajstić information content (AvgIpc) is 2.79. The Bertz CT molecular complexity index is 1100. The molecule has 2 aromatic carbocycles. The van der Waals surface area contributed by atoms with Gasteiger partial charge in [0.2, 0.25) is 21.8 Å². The highest BCUT2D eigenvalue weighted by atomic mass is 35.5. The fraction of sp³-hybridized carbons (Fsp3) is 0.462. The molecule has 2 aromatic rings. The summed E-state index contributed by atoms with van der Waals surface area (Å²) in [5, 5.41) is 3.42. The molecule has 1 unspecified atom stereocenters. The molecular formula is C26H36ClN3O4S. The summed E-state index contributed by atoms with van der Waals surface area (Å²) in [5.41, 5.74) is 2.48. The zero-order chi connectivity index (χ0) is 26.2. The summed E-state index contributed by atoms with van der Waals surface area (Å²) < 4.78 is 26.0. The van der Waals surface area contributed by atoms with E-state index in [1.54, 1.807) is 36.1 Å². The Hall–Kier alpha value is -2.58. The molecule has 192 valence electrons. The molecule has 0 bridgehead atoms. The first kappa shape index (κ1) is 28.7. The van der Waals surface area contributed by atoms with E-state index in [-0.39, 0.29) is 24.8 Å². The van der Waals surface area contributed by atoms with Gasteiger partial charge in [-0.3, -0.25) is 13.9 Å². The number of benzene rings is 2. The van der Waals surface area contributed by atoms with Gasteiger partial charge >= 0.3 is 0 Å². The summed E-state index contributed by atoms with van der Waals surface area (Å²) in [5.74, 6) is -0.119. The molecule has 0 aromatic heterocycles. The standard InChI is InChI=1S/C26H36ClN3O4S/c1-19(2)17-28-26(32)21(4)29(18-22-10-7-6-9-20(22)3)25(31)11-8-16-30(35(5,33)34)24-14-12-23(27)13-15-24/h6-7,9-10,12-15,19,21H,8,11,16-18H2,1-5H3,(H,28,32). The number of anilines is 1. The molecule has 0 fully saturated rings. The van der Waals surface area contributed by atoms with E-state index in [1.165, 1.54) is 4.31 Å². The minimum Gasteiger partial charge on any atom is -0.354 e. The van der Waals surface area contributed by atoms with E-state index in [4.69, 9.17) is 11.6 Å². The van der Waals surface area contributed by atoms with E-state index in [9.17, 15) is 18.0 Å². The maximum Gasteiger partial charge on any atom is 0.242 e. The van der Waals surface area contributed by atoms with Crippen LogP contribution in [0.3, 0.4) is 0 Å². The number of hydrogen-bond donors (Lipinski definition) is 1. The Balaban J connectivity index is 2.16. The van der Waals surface area contributed by atoms with Crippen LogP contribution in [0.15, 0.2) is 48.5 Å². The number of carbonyl (C=O) groups is 2. The van der Waals surface area contributed by atoms with Gasteiger partial charge in [-0.25, -0.2) is 8.42 Å². The molecule has 1 atom stereocenters. The van der Waals surface area contributed by atoms with Crippen molar-refractivity contribution >= 4 is 39.1 Å². The molecular weight excluding hydrogens is 486 g/mol. The first-order valence-electron chi connectivity index (χ1n) is 11.7. The van der Waals surface area contributed by atoms with Crippen LogP contribution in [0.2, 0.25) is 5.02 Å². The van der Waals surface area contributed by atoms with Crippen LogP contribution in [-0.4, -0.2) is 50.5 Å². The summed E-state index contributed by atoms with van der Waals surface area (Å²) >= 11 is 5.93. The molecule has 2 amide bonds. The van der Waals surface area contributed by atoms with Crippen LogP contribution in [0.1, 0.15) is 44.7 Å². The van der Waals surface area contributed by atoms with E-state index < -0.39 is 16.1 Å². The summed E-state index contributed by atoms with van der Waals surface area (Å²) in [6.07, 6.45) is 1.54. The van der Waals surface area contributed by atoms with Gasteiger partial charge in [-0.15, -0.1) is 0 Å². The Morgan fingerprint density at radius 3 is 2.23 bits per heavy atom. The second-order valence-electron chi connectivity index (χ2n) is 9.18. The van der Waals surface area contributed by atoms with Crippen molar-refractivity contribution in [3.63, 3.8) is 0 Å². The number of nitrogens with zero attached hydrogens (tertiary/aromatic N) is 2. The smallest absolute Gasteiger partial charge is 0.242 e. The van der Waals surface area contributed by atoms with Gasteiger partial charge in [0.05, 0.1) is 11.9 Å². The molecule has 9 heteroatoms. The van der Waals surface area contributed by atoms with Gasteiger partial charge in [-0.05, 0) is 61.6 Å². The molecule has 0 saturated carbocycles. The highest BCUT2D eigenvalue weighted by Crippen LogP contribution is 2.21. The van der Waals surface area contributed by atoms with E-state index >= 15 is 0 Å². The van der Waals surface area contributed by atoms with Crippen LogP contribution < -0.4 is 9.62 Å². The highest BCUT2D eigenvalue weighted by molar-refractivity contribution is 7.92. The maximum atomic E-state index is 13.3. The SMILES string of the molecule is Cc1ccccc1CN(C(=O)CCCN(c1ccc(Cl)cc1)S(C)(=O)=O)C(C)C(=O)NCC(C)C. The van der Waals surface area contributed by atoms with Crippen molar-refractivity contribution in [1.82, 2.24) is 10.2 Å². The third-order valence-electron chi connectivity index (χ3n) is 5.72. The molecule has 0 aliphatic rings. The van der Waals surface area contributed by atoms with Gasteiger partial charge in [0.25, 0.3) is 0 Å². The van der Waals surface area contributed by atoms with E-state index in [1.807, 2.05) is 45.0 Å². The molecule has 0 heterocycles. The molecule has 35 heavy (non-hydrogen) atoms. The normalized spacial score (nSPS) is 12.3. The second-order valence-corrected chi connectivity index (χ2v) is 11.5. The number of rotatable bonds is 12. The fourth-order valence-corrected chi connectivity index (χ4v) is 4.71. The number of amides is 2. The van der Waals surface area contributed by atoms with E-state index in [0.29, 0.717) is 36.1 Å².